The molecule has 1 saturated heterocycles. The number of rotatable bonds is 2. The molecule has 1 aromatic rings. The fourth-order valence-electron chi connectivity index (χ4n) is 2.67. The molecule has 1 aromatic heterocycles. The summed E-state index contributed by atoms with van der Waals surface area (Å²) >= 11 is 0. The number of nitrogens with zero attached hydrogens (tertiary/aromatic N) is 3. The number of nitrogens with one attached hydrogen (secondary N) is 1. The van der Waals surface area contributed by atoms with Gasteiger partial charge in [0.15, 0.2) is 0 Å². The molecule has 0 aromatic carbocycles. The minimum Gasteiger partial charge on any atom is -0.332 e. The highest BCUT2D eigenvalue weighted by Crippen LogP contribution is 2.28. The minimum absolute atomic E-state index is 0.0980. The molecule has 0 radical (unpaired) electrons. The van der Waals surface area contributed by atoms with Gasteiger partial charge in [-0.25, -0.2) is 4.98 Å². The van der Waals surface area contributed by atoms with E-state index in [1.165, 1.54) is 19.0 Å². The molecule has 2 heterocycles. The second-order valence-corrected chi connectivity index (χ2v) is 5.37. The number of amides is 1. The van der Waals surface area contributed by atoms with Gasteiger partial charge >= 0.3 is 0 Å². The van der Waals surface area contributed by atoms with Crippen molar-refractivity contribution in [3.8, 4) is 0 Å². The Labute approximate surface area is 111 Å². The number of aromatic nitrogens is 2. The lowest BCUT2D eigenvalue weighted by Gasteiger charge is -2.39. The first-order valence-corrected chi connectivity index (χ1v) is 6.75. The van der Waals surface area contributed by atoms with Crippen LogP contribution in [0, 0.1) is 0 Å². The lowest BCUT2D eigenvalue weighted by atomic mass is 10.1. The van der Waals surface area contributed by atoms with Crippen LogP contribution in [0.4, 0.5) is 0 Å². The standard InChI is InChI=1S/C13H18N4O2/c1-9-8-16(10-2-3-10)4-5-17(9)13(19)11-6-15-12(18)7-14-11/h6-7,9-10H,2-5,8H2,1H3,(H,15,18). The number of aromatic amines is 1. The fraction of sp³-hybridized carbons (Fsp3) is 0.615. The van der Waals surface area contributed by atoms with Crippen LogP contribution in [0.15, 0.2) is 17.2 Å². The zero-order chi connectivity index (χ0) is 13.4. The zero-order valence-electron chi connectivity index (χ0n) is 11.0. The monoisotopic (exact) mass is 262 g/mol. The number of H-pyrrole nitrogens is 1. The summed E-state index contributed by atoms with van der Waals surface area (Å²) in [6.45, 7) is 4.67. The van der Waals surface area contributed by atoms with Crippen molar-refractivity contribution in [2.75, 3.05) is 19.6 Å². The van der Waals surface area contributed by atoms with Crippen molar-refractivity contribution in [1.82, 2.24) is 19.8 Å². The van der Waals surface area contributed by atoms with E-state index in [-0.39, 0.29) is 17.5 Å². The van der Waals surface area contributed by atoms with E-state index in [2.05, 4.69) is 21.8 Å². The highest BCUT2D eigenvalue weighted by atomic mass is 16.2. The van der Waals surface area contributed by atoms with Gasteiger partial charge in [-0.15, -0.1) is 0 Å². The van der Waals surface area contributed by atoms with Crippen LogP contribution in [-0.2, 0) is 0 Å². The van der Waals surface area contributed by atoms with Gasteiger partial charge in [0.05, 0.1) is 6.20 Å². The summed E-state index contributed by atoms with van der Waals surface area (Å²) in [5.74, 6) is -0.0980. The maximum absolute atomic E-state index is 12.3. The summed E-state index contributed by atoms with van der Waals surface area (Å²) in [5, 5.41) is 0. The SMILES string of the molecule is CC1CN(C2CC2)CCN1C(=O)c1c[nH]c(=O)cn1. The predicted molar refractivity (Wildman–Crippen MR) is 70.0 cm³/mol. The average molecular weight is 262 g/mol. The number of piperazine rings is 1. The van der Waals surface area contributed by atoms with Crippen molar-refractivity contribution in [1.29, 1.82) is 0 Å². The molecule has 0 bridgehead atoms. The molecule has 6 heteroatoms. The quantitative estimate of drug-likeness (QED) is 0.819. The van der Waals surface area contributed by atoms with Crippen LogP contribution in [0.1, 0.15) is 30.3 Å². The first-order chi connectivity index (χ1) is 9.15. The zero-order valence-corrected chi connectivity index (χ0v) is 11.0. The Kier molecular flexibility index (Phi) is 3.10. The van der Waals surface area contributed by atoms with E-state index in [9.17, 15) is 9.59 Å². The van der Waals surface area contributed by atoms with Gasteiger partial charge in [-0.2, -0.15) is 0 Å². The smallest absolute Gasteiger partial charge is 0.274 e. The number of hydrogen-bond acceptors (Lipinski definition) is 4. The summed E-state index contributed by atoms with van der Waals surface area (Å²) in [5.41, 5.74) is 0.0227. The lowest BCUT2D eigenvalue weighted by molar-refractivity contribution is 0.0468. The van der Waals surface area contributed by atoms with Crippen molar-refractivity contribution in [3.05, 3.63) is 28.4 Å². The Bertz CT molecular complexity index is 517. The second kappa shape index (κ2) is 4.77. The van der Waals surface area contributed by atoms with Crippen molar-refractivity contribution >= 4 is 5.91 Å². The van der Waals surface area contributed by atoms with Gasteiger partial charge in [0.25, 0.3) is 11.5 Å². The average Bonchev–Trinajstić information content (AvgIpc) is 3.23. The van der Waals surface area contributed by atoms with Crippen LogP contribution in [0.2, 0.25) is 0 Å². The lowest BCUT2D eigenvalue weighted by Crippen LogP contribution is -2.54. The molecule has 6 nitrogen and oxygen atoms in total. The second-order valence-electron chi connectivity index (χ2n) is 5.37. The Morgan fingerprint density at radius 1 is 1.42 bits per heavy atom. The van der Waals surface area contributed by atoms with Gasteiger partial charge in [-0.05, 0) is 19.8 Å². The Morgan fingerprint density at radius 2 is 2.21 bits per heavy atom. The van der Waals surface area contributed by atoms with Gasteiger partial charge in [0.1, 0.15) is 5.69 Å². The van der Waals surface area contributed by atoms with Gasteiger partial charge < -0.3 is 9.88 Å². The van der Waals surface area contributed by atoms with Gasteiger partial charge in [-0.1, -0.05) is 0 Å². The van der Waals surface area contributed by atoms with Gasteiger partial charge in [-0.3, -0.25) is 14.5 Å². The summed E-state index contributed by atoms with van der Waals surface area (Å²) in [6, 6.07) is 0.932. The largest absolute Gasteiger partial charge is 0.332 e. The molecular weight excluding hydrogens is 244 g/mol. The van der Waals surface area contributed by atoms with Crippen LogP contribution in [-0.4, -0.2) is 57.4 Å². The maximum atomic E-state index is 12.3. The molecule has 102 valence electrons. The number of carbonyl (C=O) groups is 1. The van der Waals surface area contributed by atoms with Gasteiger partial charge in [0, 0.05) is 37.9 Å². The van der Waals surface area contributed by atoms with Crippen LogP contribution in [0.25, 0.3) is 0 Å². The molecule has 1 aliphatic heterocycles. The maximum Gasteiger partial charge on any atom is 0.274 e. The van der Waals surface area contributed by atoms with Crippen LogP contribution in [0.3, 0.4) is 0 Å². The Morgan fingerprint density at radius 3 is 2.79 bits per heavy atom. The molecule has 1 amide bonds. The highest BCUT2D eigenvalue weighted by Gasteiger charge is 2.35. The Hall–Kier alpha value is -1.69. The van der Waals surface area contributed by atoms with Crippen LogP contribution in [0.5, 0.6) is 0 Å². The number of carbonyl (C=O) groups excluding carboxylic acids is 1. The molecular formula is C13H18N4O2. The molecule has 1 saturated carbocycles. The van der Waals surface area contributed by atoms with E-state index in [0.717, 1.165) is 31.9 Å². The first kappa shape index (κ1) is 12.3. The summed E-state index contributed by atoms with van der Waals surface area (Å²) < 4.78 is 0. The minimum atomic E-state index is -0.289. The van der Waals surface area contributed by atoms with E-state index < -0.39 is 0 Å². The van der Waals surface area contributed by atoms with E-state index >= 15 is 0 Å². The van der Waals surface area contributed by atoms with E-state index in [0.29, 0.717) is 5.69 Å². The summed E-state index contributed by atoms with van der Waals surface area (Å²) in [6.07, 6.45) is 5.13. The van der Waals surface area contributed by atoms with Crippen LogP contribution < -0.4 is 5.56 Å². The highest BCUT2D eigenvalue weighted by molar-refractivity contribution is 5.92. The predicted octanol–water partition coefficient (Wildman–Crippen LogP) is 0.0786. The van der Waals surface area contributed by atoms with Crippen LogP contribution >= 0.6 is 0 Å². The molecule has 3 rings (SSSR count). The van der Waals surface area contributed by atoms with E-state index in [1.54, 1.807) is 0 Å². The molecule has 1 aliphatic carbocycles. The van der Waals surface area contributed by atoms with Gasteiger partial charge in [0.2, 0.25) is 0 Å². The molecule has 19 heavy (non-hydrogen) atoms. The summed E-state index contributed by atoms with van der Waals surface area (Å²) in [7, 11) is 0. The van der Waals surface area contributed by atoms with Crippen molar-refractivity contribution in [2.24, 2.45) is 0 Å². The number of hydrogen-bond donors (Lipinski definition) is 1. The molecule has 2 fully saturated rings. The van der Waals surface area contributed by atoms with Crippen molar-refractivity contribution in [2.45, 2.75) is 31.8 Å². The molecule has 2 aliphatic rings. The van der Waals surface area contributed by atoms with Crippen molar-refractivity contribution < 1.29 is 4.79 Å². The topological polar surface area (TPSA) is 69.3 Å². The Balaban J connectivity index is 1.69. The summed E-state index contributed by atoms with van der Waals surface area (Å²) in [4.78, 5) is 34.0. The first-order valence-electron chi connectivity index (χ1n) is 6.75. The fourth-order valence-corrected chi connectivity index (χ4v) is 2.67. The van der Waals surface area contributed by atoms with E-state index in [1.807, 2.05) is 4.90 Å². The third-order valence-corrected chi connectivity index (χ3v) is 3.87. The normalized spacial score (nSPS) is 24.5. The van der Waals surface area contributed by atoms with Crippen molar-refractivity contribution in [3.63, 3.8) is 0 Å². The third kappa shape index (κ3) is 2.53. The third-order valence-electron chi connectivity index (χ3n) is 3.87. The molecule has 0 spiro atoms. The molecule has 1 N–H and O–H groups in total. The molecule has 1 unspecified atom stereocenters. The molecule has 1 atom stereocenters. The van der Waals surface area contributed by atoms with E-state index in [4.69, 9.17) is 0 Å².